The molecule has 0 unspecified atom stereocenters. The number of carbonyl (C=O) groups is 1. The van der Waals surface area contributed by atoms with Crippen LogP contribution in [0.25, 0.3) is 21.7 Å². The van der Waals surface area contributed by atoms with E-state index in [2.05, 4.69) is 29.1 Å². The van der Waals surface area contributed by atoms with Crippen molar-refractivity contribution in [1.82, 2.24) is 9.97 Å². The van der Waals surface area contributed by atoms with Crippen LogP contribution in [0.3, 0.4) is 0 Å². The fraction of sp³-hybridized carbons (Fsp3) is 0.174. The van der Waals surface area contributed by atoms with Crippen molar-refractivity contribution < 1.29 is 4.79 Å². The van der Waals surface area contributed by atoms with Crippen molar-refractivity contribution in [3.05, 3.63) is 82.4 Å². The molecule has 3 aromatic carbocycles. The zero-order valence-corrected chi connectivity index (χ0v) is 15.8. The zero-order valence-electron chi connectivity index (χ0n) is 15.8. The third-order valence-electron chi connectivity index (χ3n) is 4.84. The molecule has 1 aromatic heterocycles. The first-order valence-electron chi connectivity index (χ1n) is 9.32. The summed E-state index contributed by atoms with van der Waals surface area (Å²) in [5, 5.41) is 5.50. The van der Waals surface area contributed by atoms with Crippen LogP contribution >= 0.6 is 0 Å². The molecule has 2 N–H and O–H groups in total. The molecule has 0 fully saturated rings. The van der Waals surface area contributed by atoms with Crippen LogP contribution in [0, 0.1) is 0 Å². The molecule has 0 aliphatic heterocycles. The molecule has 0 aliphatic carbocycles. The second-order valence-electron chi connectivity index (χ2n) is 7.20. The number of hydrogen-bond acceptors (Lipinski definition) is 3. The van der Waals surface area contributed by atoms with Crippen LogP contribution in [0.15, 0.2) is 65.5 Å². The van der Waals surface area contributed by atoms with Crippen LogP contribution in [0.5, 0.6) is 0 Å². The Labute approximate surface area is 162 Å². The molecule has 5 nitrogen and oxygen atoms in total. The molecular formula is C23H21N3O2. The lowest BCUT2D eigenvalue weighted by Gasteiger charge is -2.09. The Morgan fingerprint density at radius 3 is 2.64 bits per heavy atom. The van der Waals surface area contributed by atoms with Gasteiger partial charge in [0.1, 0.15) is 5.82 Å². The summed E-state index contributed by atoms with van der Waals surface area (Å²) in [6.07, 6.45) is 0.000331. The average molecular weight is 371 g/mol. The number of nitrogens with zero attached hydrogens (tertiary/aromatic N) is 1. The highest BCUT2D eigenvalue weighted by atomic mass is 16.1. The minimum absolute atomic E-state index is 0.000331. The SMILES string of the molecule is CC(C)c1ccc2nc(CC(=O)Nc3cccc4ccccc34)[nH]c(=O)c2c1. The first-order chi connectivity index (χ1) is 13.5. The number of H-pyrrole nitrogens is 1. The van der Waals surface area contributed by atoms with E-state index in [-0.39, 0.29) is 17.9 Å². The highest BCUT2D eigenvalue weighted by Crippen LogP contribution is 2.23. The summed E-state index contributed by atoms with van der Waals surface area (Å²) in [7, 11) is 0. The second kappa shape index (κ2) is 7.27. The van der Waals surface area contributed by atoms with Gasteiger partial charge in [-0.25, -0.2) is 4.98 Å². The molecule has 1 amide bonds. The molecule has 0 atom stereocenters. The van der Waals surface area contributed by atoms with Crippen LogP contribution < -0.4 is 10.9 Å². The molecule has 0 saturated heterocycles. The van der Waals surface area contributed by atoms with Crippen molar-refractivity contribution in [1.29, 1.82) is 0 Å². The summed E-state index contributed by atoms with van der Waals surface area (Å²) < 4.78 is 0. The smallest absolute Gasteiger partial charge is 0.258 e. The molecule has 5 heteroatoms. The van der Waals surface area contributed by atoms with Gasteiger partial charge in [0.2, 0.25) is 5.91 Å². The van der Waals surface area contributed by atoms with Gasteiger partial charge < -0.3 is 10.3 Å². The number of aromatic nitrogens is 2. The van der Waals surface area contributed by atoms with E-state index in [9.17, 15) is 9.59 Å². The summed E-state index contributed by atoms with van der Waals surface area (Å²) in [6.45, 7) is 4.16. The predicted molar refractivity (Wildman–Crippen MR) is 113 cm³/mol. The van der Waals surface area contributed by atoms with Crippen LogP contribution in [0.2, 0.25) is 0 Å². The predicted octanol–water partition coefficient (Wildman–Crippen LogP) is 4.38. The topological polar surface area (TPSA) is 74.8 Å². The first-order valence-corrected chi connectivity index (χ1v) is 9.32. The van der Waals surface area contributed by atoms with Gasteiger partial charge in [-0.15, -0.1) is 0 Å². The van der Waals surface area contributed by atoms with Gasteiger partial charge in [0.25, 0.3) is 5.56 Å². The molecule has 4 rings (SSSR count). The summed E-state index contributed by atoms with van der Waals surface area (Å²) in [5.74, 6) is 0.458. The monoisotopic (exact) mass is 371 g/mol. The lowest BCUT2D eigenvalue weighted by Crippen LogP contribution is -2.20. The number of anilines is 1. The van der Waals surface area contributed by atoms with Crippen LogP contribution in [-0.2, 0) is 11.2 Å². The quantitative estimate of drug-likeness (QED) is 0.559. The lowest BCUT2D eigenvalue weighted by atomic mass is 10.0. The Hall–Kier alpha value is -3.47. The number of hydrogen-bond donors (Lipinski definition) is 2. The van der Waals surface area contributed by atoms with E-state index >= 15 is 0 Å². The van der Waals surface area contributed by atoms with Gasteiger partial charge in [0.15, 0.2) is 0 Å². The largest absolute Gasteiger partial charge is 0.325 e. The molecule has 28 heavy (non-hydrogen) atoms. The maximum atomic E-state index is 12.5. The van der Waals surface area contributed by atoms with E-state index in [1.54, 1.807) is 0 Å². The summed E-state index contributed by atoms with van der Waals surface area (Å²) in [6, 6.07) is 19.3. The molecule has 0 aliphatic rings. The van der Waals surface area contributed by atoms with Crippen molar-refractivity contribution in [3.63, 3.8) is 0 Å². The lowest BCUT2D eigenvalue weighted by molar-refractivity contribution is -0.115. The summed E-state index contributed by atoms with van der Waals surface area (Å²) >= 11 is 0. The number of benzene rings is 3. The van der Waals surface area contributed by atoms with Gasteiger partial charge in [-0.1, -0.05) is 56.3 Å². The fourth-order valence-corrected chi connectivity index (χ4v) is 3.33. The minimum atomic E-state index is -0.224. The van der Waals surface area contributed by atoms with E-state index < -0.39 is 0 Å². The standard InChI is InChI=1S/C23H21N3O2/c1-14(2)16-10-11-20-18(12-16)23(28)26-21(24-20)13-22(27)25-19-9-5-7-15-6-3-4-8-17(15)19/h3-12,14H,13H2,1-2H3,(H,25,27)(H,24,26,28). The molecule has 0 spiro atoms. The van der Waals surface area contributed by atoms with Gasteiger partial charge >= 0.3 is 0 Å². The third kappa shape index (κ3) is 3.51. The van der Waals surface area contributed by atoms with E-state index in [0.717, 1.165) is 22.0 Å². The summed E-state index contributed by atoms with van der Waals surface area (Å²) in [4.78, 5) is 32.2. The third-order valence-corrected chi connectivity index (χ3v) is 4.84. The van der Waals surface area contributed by atoms with Crippen molar-refractivity contribution >= 4 is 33.3 Å². The van der Waals surface area contributed by atoms with Crippen LogP contribution in [0.4, 0.5) is 5.69 Å². The highest BCUT2D eigenvalue weighted by Gasteiger charge is 2.11. The molecule has 140 valence electrons. The van der Waals surface area contributed by atoms with Crippen molar-refractivity contribution in [2.45, 2.75) is 26.2 Å². The van der Waals surface area contributed by atoms with Gasteiger partial charge in [0.05, 0.1) is 17.3 Å². The van der Waals surface area contributed by atoms with E-state index in [1.807, 2.05) is 60.7 Å². The number of rotatable bonds is 4. The van der Waals surface area contributed by atoms with Crippen LogP contribution in [0.1, 0.15) is 31.2 Å². The van der Waals surface area contributed by atoms with E-state index in [4.69, 9.17) is 0 Å². The van der Waals surface area contributed by atoms with Gasteiger partial charge in [-0.2, -0.15) is 0 Å². The van der Waals surface area contributed by atoms with Gasteiger partial charge in [-0.05, 0) is 35.1 Å². The first kappa shape index (κ1) is 17.9. The maximum absolute atomic E-state index is 12.5. The Balaban J connectivity index is 1.60. The average Bonchev–Trinajstić information content (AvgIpc) is 2.68. The van der Waals surface area contributed by atoms with E-state index in [0.29, 0.717) is 22.6 Å². The number of amides is 1. The number of carbonyl (C=O) groups excluding carboxylic acids is 1. The number of aromatic amines is 1. The highest BCUT2D eigenvalue weighted by molar-refractivity contribution is 6.02. The molecule has 0 radical (unpaired) electrons. The number of fused-ring (bicyclic) bond motifs is 2. The Morgan fingerprint density at radius 2 is 1.82 bits per heavy atom. The maximum Gasteiger partial charge on any atom is 0.258 e. The second-order valence-corrected chi connectivity index (χ2v) is 7.20. The Morgan fingerprint density at radius 1 is 1.04 bits per heavy atom. The molecule has 4 aromatic rings. The molecule has 1 heterocycles. The van der Waals surface area contributed by atoms with Crippen LogP contribution in [-0.4, -0.2) is 15.9 Å². The Kier molecular flexibility index (Phi) is 4.65. The van der Waals surface area contributed by atoms with Gasteiger partial charge in [0, 0.05) is 11.1 Å². The molecule has 0 bridgehead atoms. The van der Waals surface area contributed by atoms with Crippen molar-refractivity contribution in [2.75, 3.05) is 5.32 Å². The normalized spacial score (nSPS) is 11.2. The molecular weight excluding hydrogens is 350 g/mol. The minimum Gasteiger partial charge on any atom is -0.325 e. The van der Waals surface area contributed by atoms with Crippen molar-refractivity contribution in [2.24, 2.45) is 0 Å². The van der Waals surface area contributed by atoms with Gasteiger partial charge in [-0.3, -0.25) is 9.59 Å². The van der Waals surface area contributed by atoms with Crippen molar-refractivity contribution in [3.8, 4) is 0 Å². The molecule has 0 saturated carbocycles. The summed E-state index contributed by atoms with van der Waals surface area (Å²) in [5.41, 5.74) is 2.20. The fourth-order valence-electron chi connectivity index (χ4n) is 3.33. The Bertz CT molecular complexity index is 1240. The zero-order chi connectivity index (χ0) is 19.7. The number of nitrogens with one attached hydrogen (secondary N) is 2. The van der Waals surface area contributed by atoms with E-state index in [1.165, 1.54) is 0 Å².